The lowest BCUT2D eigenvalue weighted by Crippen LogP contribution is -2.49. The molecule has 26 heavy (non-hydrogen) atoms. The van der Waals surface area contributed by atoms with Gasteiger partial charge in [-0.2, -0.15) is 0 Å². The molecule has 1 aliphatic heterocycles. The lowest BCUT2D eigenvalue weighted by molar-refractivity contribution is -0.157. The van der Waals surface area contributed by atoms with Crippen molar-refractivity contribution in [3.63, 3.8) is 0 Å². The number of carbonyl (C=O) groups is 1. The van der Waals surface area contributed by atoms with Crippen molar-refractivity contribution in [2.45, 2.75) is 37.5 Å². The standard InChI is InChI=1S/C21H23NO4/c23-21(22-15-10-11-19-20(14-15)25-13-12-24-19)17-8-4-5-9-18(17)26-16-6-2-1-3-7-16/h1-9,15,19-20H,10-14H2,(H,22,23). The Bertz CT molecular complexity index is 749. The summed E-state index contributed by atoms with van der Waals surface area (Å²) in [6.07, 6.45) is 2.86. The Morgan fingerprint density at radius 1 is 0.923 bits per heavy atom. The van der Waals surface area contributed by atoms with Gasteiger partial charge in [0.25, 0.3) is 5.91 Å². The molecule has 0 spiro atoms. The fourth-order valence-electron chi connectivity index (χ4n) is 3.62. The first-order valence-electron chi connectivity index (χ1n) is 9.15. The molecule has 3 unspecified atom stereocenters. The van der Waals surface area contributed by atoms with Gasteiger partial charge in [-0.25, -0.2) is 0 Å². The fraction of sp³-hybridized carbons (Fsp3) is 0.381. The molecule has 0 aromatic heterocycles. The first-order chi connectivity index (χ1) is 12.8. The Hall–Kier alpha value is -2.37. The number of carbonyl (C=O) groups excluding carboxylic acids is 1. The minimum Gasteiger partial charge on any atom is -0.457 e. The van der Waals surface area contributed by atoms with Crippen LogP contribution < -0.4 is 10.1 Å². The molecule has 0 radical (unpaired) electrons. The van der Waals surface area contributed by atoms with E-state index >= 15 is 0 Å². The van der Waals surface area contributed by atoms with Crippen molar-refractivity contribution in [2.75, 3.05) is 13.2 Å². The first-order valence-corrected chi connectivity index (χ1v) is 9.15. The Balaban J connectivity index is 1.43. The molecular formula is C21H23NO4. The SMILES string of the molecule is O=C(NC1CCC2OCCOC2C1)c1ccccc1Oc1ccccc1. The van der Waals surface area contributed by atoms with Gasteiger partial charge in [0.2, 0.25) is 0 Å². The van der Waals surface area contributed by atoms with Crippen molar-refractivity contribution in [3.8, 4) is 11.5 Å². The Labute approximate surface area is 153 Å². The van der Waals surface area contributed by atoms with Crippen molar-refractivity contribution in [1.29, 1.82) is 0 Å². The van der Waals surface area contributed by atoms with Gasteiger partial charge in [-0.05, 0) is 43.5 Å². The third-order valence-corrected chi connectivity index (χ3v) is 4.92. The summed E-state index contributed by atoms with van der Waals surface area (Å²) in [5.74, 6) is 1.15. The smallest absolute Gasteiger partial charge is 0.255 e. The van der Waals surface area contributed by atoms with E-state index in [1.807, 2.05) is 48.5 Å². The zero-order chi connectivity index (χ0) is 17.8. The van der Waals surface area contributed by atoms with E-state index in [0.29, 0.717) is 30.3 Å². The van der Waals surface area contributed by atoms with Crippen LogP contribution in [0.15, 0.2) is 54.6 Å². The molecule has 1 amide bonds. The Morgan fingerprint density at radius 3 is 2.50 bits per heavy atom. The van der Waals surface area contributed by atoms with Crippen LogP contribution in [0.1, 0.15) is 29.6 Å². The number of fused-ring (bicyclic) bond motifs is 1. The van der Waals surface area contributed by atoms with Crippen LogP contribution in [0.2, 0.25) is 0 Å². The number of nitrogens with one attached hydrogen (secondary N) is 1. The summed E-state index contributed by atoms with van der Waals surface area (Å²) in [5.41, 5.74) is 0.541. The zero-order valence-electron chi connectivity index (χ0n) is 14.6. The number of hydrogen-bond acceptors (Lipinski definition) is 4. The van der Waals surface area contributed by atoms with Gasteiger partial charge in [0, 0.05) is 6.04 Å². The number of rotatable bonds is 4. The molecule has 0 bridgehead atoms. The van der Waals surface area contributed by atoms with E-state index in [1.54, 1.807) is 6.07 Å². The maximum atomic E-state index is 12.8. The van der Waals surface area contributed by atoms with Gasteiger partial charge in [0.1, 0.15) is 11.5 Å². The minimum absolute atomic E-state index is 0.0820. The molecule has 1 heterocycles. The molecule has 1 N–H and O–H groups in total. The van der Waals surface area contributed by atoms with Crippen molar-refractivity contribution in [3.05, 3.63) is 60.2 Å². The van der Waals surface area contributed by atoms with Crippen molar-refractivity contribution >= 4 is 5.91 Å². The second-order valence-electron chi connectivity index (χ2n) is 6.71. The summed E-state index contributed by atoms with van der Waals surface area (Å²) in [4.78, 5) is 12.8. The molecule has 1 saturated heterocycles. The van der Waals surface area contributed by atoms with Crippen LogP contribution in [0.25, 0.3) is 0 Å². The molecule has 3 atom stereocenters. The number of para-hydroxylation sites is 2. The molecule has 5 nitrogen and oxygen atoms in total. The van der Waals surface area contributed by atoms with E-state index in [0.717, 1.165) is 19.3 Å². The van der Waals surface area contributed by atoms with Gasteiger partial charge in [-0.15, -0.1) is 0 Å². The lowest BCUT2D eigenvalue weighted by atomic mass is 9.89. The molecule has 1 aliphatic carbocycles. The second kappa shape index (κ2) is 7.89. The monoisotopic (exact) mass is 353 g/mol. The molecule has 4 rings (SSSR count). The summed E-state index contributed by atoms with van der Waals surface area (Å²) >= 11 is 0. The number of benzene rings is 2. The molecule has 2 fully saturated rings. The summed E-state index contributed by atoms with van der Waals surface area (Å²) in [7, 11) is 0. The van der Waals surface area contributed by atoms with E-state index < -0.39 is 0 Å². The van der Waals surface area contributed by atoms with Crippen LogP contribution in [-0.4, -0.2) is 37.4 Å². The number of ether oxygens (including phenoxy) is 3. The highest BCUT2D eigenvalue weighted by molar-refractivity contribution is 5.97. The Morgan fingerprint density at radius 2 is 1.65 bits per heavy atom. The predicted molar refractivity (Wildman–Crippen MR) is 97.5 cm³/mol. The van der Waals surface area contributed by atoms with E-state index in [-0.39, 0.29) is 24.2 Å². The molecule has 2 aromatic rings. The number of hydrogen-bond donors (Lipinski definition) is 1. The zero-order valence-corrected chi connectivity index (χ0v) is 14.6. The third-order valence-electron chi connectivity index (χ3n) is 4.92. The summed E-state index contributed by atoms with van der Waals surface area (Å²) in [6.45, 7) is 1.30. The van der Waals surface area contributed by atoms with Gasteiger partial charge >= 0.3 is 0 Å². The topological polar surface area (TPSA) is 56.8 Å². The van der Waals surface area contributed by atoms with E-state index in [2.05, 4.69) is 5.32 Å². The highest BCUT2D eigenvalue weighted by Crippen LogP contribution is 2.28. The molecular weight excluding hydrogens is 330 g/mol. The van der Waals surface area contributed by atoms with Crippen molar-refractivity contribution < 1.29 is 19.0 Å². The predicted octanol–water partition coefficient (Wildman–Crippen LogP) is 3.55. The van der Waals surface area contributed by atoms with Gasteiger partial charge < -0.3 is 19.5 Å². The van der Waals surface area contributed by atoms with Crippen LogP contribution in [0, 0.1) is 0 Å². The van der Waals surface area contributed by atoms with Gasteiger partial charge in [0.05, 0.1) is 31.0 Å². The highest BCUT2D eigenvalue weighted by Gasteiger charge is 2.35. The molecule has 1 saturated carbocycles. The summed E-state index contributed by atoms with van der Waals surface area (Å²) < 4.78 is 17.4. The van der Waals surface area contributed by atoms with Crippen LogP contribution >= 0.6 is 0 Å². The normalized spacial score (nSPS) is 25.2. The van der Waals surface area contributed by atoms with E-state index in [4.69, 9.17) is 14.2 Å². The third kappa shape index (κ3) is 3.89. The largest absolute Gasteiger partial charge is 0.457 e. The molecule has 2 aliphatic rings. The summed E-state index contributed by atoms with van der Waals surface area (Å²) in [6, 6.07) is 16.9. The maximum absolute atomic E-state index is 12.8. The van der Waals surface area contributed by atoms with Crippen molar-refractivity contribution in [1.82, 2.24) is 5.32 Å². The van der Waals surface area contributed by atoms with Gasteiger partial charge in [0.15, 0.2) is 0 Å². The molecule has 2 aromatic carbocycles. The summed E-state index contributed by atoms with van der Waals surface area (Å²) in [5, 5.41) is 3.14. The van der Waals surface area contributed by atoms with Crippen LogP contribution in [0.5, 0.6) is 11.5 Å². The highest BCUT2D eigenvalue weighted by atomic mass is 16.6. The quantitative estimate of drug-likeness (QED) is 0.913. The van der Waals surface area contributed by atoms with E-state index in [1.165, 1.54) is 0 Å². The maximum Gasteiger partial charge on any atom is 0.255 e. The van der Waals surface area contributed by atoms with E-state index in [9.17, 15) is 4.79 Å². The van der Waals surface area contributed by atoms with Crippen LogP contribution in [-0.2, 0) is 9.47 Å². The average molecular weight is 353 g/mol. The van der Waals surface area contributed by atoms with Gasteiger partial charge in [-0.1, -0.05) is 30.3 Å². The Kier molecular flexibility index (Phi) is 5.18. The minimum atomic E-state index is -0.114. The average Bonchev–Trinajstić information content (AvgIpc) is 2.69. The molecule has 136 valence electrons. The number of amides is 1. The molecule has 5 heteroatoms. The fourth-order valence-corrected chi connectivity index (χ4v) is 3.62. The van der Waals surface area contributed by atoms with Crippen molar-refractivity contribution in [2.24, 2.45) is 0 Å². The second-order valence-corrected chi connectivity index (χ2v) is 6.71. The lowest BCUT2D eigenvalue weighted by Gasteiger charge is -2.39. The van der Waals surface area contributed by atoms with Crippen LogP contribution in [0.3, 0.4) is 0 Å². The van der Waals surface area contributed by atoms with Crippen LogP contribution in [0.4, 0.5) is 0 Å². The van der Waals surface area contributed by atoms with Gasteiger partial charge in [-0.3, -0.25) is 4.79 Å². The first kappa shape index (κ1) is 17.1.